The maximum atomic E-state index is 9.01. The van der Waals surface area contributed by atoms with E-state index < -0.39 is 0 Å². The Hall–Kier alpha value is -0.120. The summed E-state index contributed by atoms with van der Waals surface area (Å²) >= 11 is 0. The Bertz CT molecular complexity index is 156. The molecule has 1 rings (SSSR count). The number of aliphatic hydroxyl groups is 2. The monoisotopic (exact) mass is 215 g/mol. The van der Waals surface area contributed by atoms with Crippen molar-refractivity contribution in [1.29, 1.82) is 0 Å². The van der Waals surface area contributed by atoms with Crippen LogP contribution in [0, 0.1) is 5.92 Å². The van der Waals surface area contributed by atoms with Gasteiger partial charge in [0.15, 0.2) is 0 Å². The molecule has 0 atom stereocenters. The molecule has 0 saturated heterocycles. The van der Waals surface area contributed by atoms with Crippen molar-refractivity contribution in [3.8, 4) is 0 Å². The Morgan fingerprint density at radius 3 is 2.20 bits per heavy atom. The fourth-order valence-corrected chi connectivity index (χ4v) is 2.49. The molecule has 2 N–H and O–H groups in total. The molecule has 15 heavy (non-hydrogen) atoms. The fourth-order valence-electron chi connectivity index (χ4n) is 2.49. The average molecular weight is 215 g/mol. The van der Waals surface area contributed by atoms with Crippen molar-refractivity contribution in [2.45, 2.75) is 45.1 Å². The van der Waals surface area contributed by atoms with Crippen LogP contribution in [0.5, 0.6) is 0 Å². The molecule has 1 fully saturated rings. The summed E-state index contributed by atoms with van der Waals surface area (Å²) in [5, 5.41) is 17.8. The summed E-state index contributed by atoms with van der Waals surface area (Å²) < 4.78 is 0. The molecule has 3 heteroatoms. The van der Waals surface area contributed by atoms with Gasteiger partial charge < -0.3 is 10.2 Å². The number of nitrogens with zero attached hydrogens (tertiary/aromatic N) is 1. The molecule has 0 amide bonds. The maximum absolute atomic E-state index is 9.01. The quantitative estimate of drug-likeness (QED) is 0.700. The molecule has 1 aliphatic rings. The number of aliphatic hydroxyl groups excluding tert-OH is 2. The summed E-state index contributed by atoms with van der Waals surface area (Å²) in [5.74, 6) is 0.870. The van der Waals surface area contributed by atoms with Crippen LogP contribution >= 0.6 is 0 Å². The van der Waals surface area contributed by atoms with E-state index in [1.807, 2.05) is 0 Å². The van der Waals surface area contributed by atoms with Gasteiger partial charge in [0.2, 0.25) is 0 Å². The summed E-state index contributed by atoms with van der Waals surface area (Å²) in [6.07, 6.45) is 5.96. The lowest BCUT2D eigenvalue weighted by Crippen LogP contribution is -2.40. The zero-order valence-corrected chi connectivity index (χ0v) is 9.86. The highest BCUT2D eigenvalue weighted by molar-refractivity contribution is 4.78. The number of hydrogen-bond acceptors (Lipinski definition) is 3. The lowest BCUT2D eigenvalue weighted by molar-refractivity contribution is 0.105. The van der Waals surface area contributed by atoms with Crippen molar-refractivity contribution in [1.82, 2.24) is 4.90 Å². The summed E-state index contributed by atoms with van der Waals surface area (Å²) in [5.41, 5.74) is 0. The highest BCUT2D eigenvalue weighted by Crippen LogP contribution is 2.26. The van der Waals surface area contributed by atoms with E-state index >= 15 is 0 Å². The van der Waals surface area contributed by atoms with Gasteiger partial charge >= 0.3 is 0 Å². The normalized spacial score (nSPS) is 27.2. The molecule has 90 valence electrons. The van der Waals surface area contributed by atoms with Gasteiger partial charge in [-0.05, 0) is 38.0 Å². The molecule has 0 bridgehead atoms. The third-order valence-electron chi connectivity index (χ3n) is 3.49. The van der Waals surface area contributed by atoms with Crippen LogP contribution in [0.4, 0.5) is 0 Å². The molecule has 0 aromatic heterocycles. The Morgan fingerprint density at radius 2 is 1.67 bits per heavy atom. The summed E-state index contributed by atoms with van der Waals surface area (Å²) in [6.45, 7) is 4.50. The molecule has 0 aromatic rings. The van der Waals surface area contributed by atoms with Crippen LogP contribution in [0.2, 0.25) is 0 Å². The summed E-state index contributed by atoms with van der Waals surface area (Å²) in [6, 6.07) is 0.639. The molecular weight excluding hydrogens is 190 g/mol. The topological polar surface area (TPSA) is 43.7 Å². The zero-order chi connectivity index (χ0) is 11.1. The van der Waals surface area contributed by atoms with Gasteiger partial charge in [0, 0.05) is 25.7 Å². The fraction of sp³-hybridized carbons (Fsp3) is 1.00. The van der Waals surface area contributed by atoms with Crippen LogP contribution in [0.3, 0.4) is 0 Å². The van der Waals surface area contributed by atoms with E-state index in [0.29, 0.717) is 6.04 Å². The predicted molar refractivity (Wildman–Crippen MR) is 61.8 cm³/mol. The second-order valence-corrected chi connectivity index (χ2v) is 4.75. The van der Waals surface area contributed by atoms with E-state index in [9.17, 15) is 0 Å². The van der Waals surface area contributed by atoms with E-state index in [1.165, 1.54) is 25.7 Å². The third kappa shape index (κ3) is 4.49. The van der Waals surface area contributed by atoms with E-state index in [2.05, 4.69) is 11.8 Å². The van der Waals surface area contributed by atoms with Gasteiger partial charge in [-0.1, -0.05) is 6.92 Å². The Balaban J connectivity index is 2.33. The van der Waals surface area contributed by atoms with E-state index in [1.54, 1.807) is 0 Å². The van der Waals surface area contributed by atoms with Crippen LogP contribution in [-0.2, 0) is 0 Å². The largest absolute Gasteiger partial charge is 0.396 e. The van der Waals surface area contributed by atoms with Gasteiger partial charge in [0.25, 0.3) is 0 Å². The molecule has 1 aliphatic carbocycles. The predicted octanol–water partition coefficient (Wildman–Crippen LogP) is 1.24. The van der Waals surface area contributed by atoms with Gasteiger partial charge in [0.1, 0.15) is 0 Å². The van der Waals surface area contributed by atoms with Crippen molar-refractivity contribution in [3.63, 3.8) is 0 Å². The maximum Gasteiger partial charge on any atom is 0.0558 e. The third-order valence-corrected chi connectivity index (χ3v) is 3.49. The molecule has 3 nitrogen and oxygen atoms in total. The second-order valence-electron chi connectivity index (χ2n) is 4.75. The molecule has 0 spiro atoms. The number of rotatable bonds is 6. The Morgan fingerprint density at radius 1 is 1.00 bits per heavy atom. The summed E-state index contributed by atoms with van der Waals surface area (Å²) in [4.78, 5) is 2.35. The first-order valence-corrected chi connectivity index (χ1v) is 6.23. The number of hydrogen-bond donors (Lipinski definition) is 2. The van der Waals surface area contributed by atoms with Crippen LogP contribution in [0.25, 0.3) is 0 Å². The zero-order valence-electron chi connectivity index (χ0n) is 9.86. The van der Waals surface area contributed by atoms with Gasteiger partial charge in [-0.25, -0.2) is 0 Å². The van der Waals surface area contributed by atoms with Crippen molar-refractivity contribution in [3.05, 3.63) is 0 Å². The standard InChI is InChI=1S/C12H25NO2/c1-11-3-5-12(6-4-11)13(8-10-15)7-2-9-14/h11-12,14-15H,2-10H2,1H3. The van der Waals surface area contributed by atoms with Crippen LogP contribution in [-0.4, -0.2) is 47.5 Å². The highest BCUT2D eigenvalue weighted by Gasteiger charge is 2.23. The molecule has 0 aliphatic heterocycles. The van der Waals surface area contributed by atoms with Gasteiger partial charge in [-0.2, -0.15) is 0 Å². The minimum atomic E-state index is 0.234. The average Bonchev–Trinajstić information content (AvgIpc) is 2.25. The first-order chi connectivity index (χ1) is 7.27. The Kier molecular flexibility index (Phi) is 6.22. The first kappa shape index (κ1) is 12.9. The smallest absolute Gasteiger partial charge is 0.0558 e. The molecule has 1 saturated carbocycles. The van der Waals surface area contributed by atoms with Crippen LogP contribution in [0.15, 0.2) is 0 Å². The minimum Gasteiger partial charge on any atom is -0.396 e. The van der Waals surface area contributed by atoms with Crippen molar-refractivity contribution >= 4 is 0 Å². The van der Waals surface area contributed by atoms with Crippen molar-refractivity contribution < 1.29 is 10.2 Å². The summed E-state index contributed by atoms with van der Waals surface area (Å²) in [7, 11) is 0. The Labute approximate surface area is 93.1 Å². The first-order valence-electron chi connectivity index (χ1n) is 6.23. The SMILES string of the molecule is CC1CCC(N(CCO)CCCO)CC1. The molecular formula is C12H25NO2. The van der Waals surface area contributed by atoms with Gasteiger partial charge in [-0.15, -0.1) is 0 Å². The lowest BCUT2D eigenvalue weighted by atomic mass is 9.86. The van der Waals surface area contributed by atoms with Gasteiger partial charge in [-0.3, -0.25) is 4.90 Å². The highest BCUT2D eigenvalue weighted by atomic mass is 16.3. The van der Waals surface area contributed by atoms with E-state index in [4.69, 9.17) is 10.2 Å². The van der Waals surface area contributed by atoms with Crippen molar-refractivity contribution in [2.24, 2.45) is 5.92 Å². The van der Waals surface area contributed by atoms with E-state index in [0.717, 1.165) is 25.4 Å². The minimum absolute atomic E-state index is 0.234. The lowest BCUT2D eigenvalue weighted by Gasteiger charge is -2.35. The molecule has 0 unspecified atom stereocenters. The molecule has 0 radical (unpaired) electrons. The second kappa shape index (κ2) is 7.20. The molecule has 0 aromatic carbocycles. The van der Waals surface area contributed by atoms with E-state index in [-0.39, 0.29) is 13.2 Å². The van der Waals surface area contributed by atoms with Crippen molar-refractivity contribution in [2.75, 3.05) is 26.3 Å². The molecule has 0 heterocycles. The van der Waals surface area contributed by atoms with Crippen LogP contribution < -0.4 is 0 Å². The van der Waals surface area contributed by atoms with Gasteiger partial charge in [0.05, 0.1) is 6.61 Å². The van der Waals surface area contributed by atoms with Crippen LogP contribution in [0.1, 0.15) is 39.0 Å².